The molecule has 0 spiro atoms. The lowest BCUT2D eigenvalue weighted by atomic mass is 9.80. The zero-order valence-corrected chi connectivity index (χ0v) is 14.2. The molecule has 1 aromatic carbocycles. The Morgan fingerprint density at radius 2 is 1.62 bits per heavy atom. The Hall–Kier alpha value is -1.06. The summed E-state index contributed by atoms with van der Waals surface area (Å²) >= 11 is 0. The van der Waals surface area contributed by atoms with Crippen molar-refractivity contribution in [1.82, 2.24) is 4.90 Å². The Balaban J connectivity index is 3.26. The van der Waals surface area contributed by atoms with Crippen molar-refractivity contribution in [2.75, 3.05) is 19.7 Å². The van der Waals surface area contributed by atoms with Crippen LogP contribution in [0.15, 0.2) is 24.3 Å². The number of rotatable bonds is 9. The van der Waals surface area contributed by atoms with Gasteiger partial charge in [0.2, 0.25) is 0 Å². The molecule has 0 aliphatic heterocycles. The summed E-state index contributed by atoms with van der Waals surface area (Å²) in [6.07, 6.45) is 1.27. The lowest BCUT2D eigenvalue weighted by Gasteiger charge is -2.46. The van der Waals surface area contributed by atoms with Crippen molar-refractivity contribution in [3.8, 4) is 5.75 Å². The monoisotopic (exact) mass is 293 g/mol. The fourth-order valence-electron chi connectivity index (χ4n) is 3.39. The second kappa shape index (κ2) is 8.40. The topological polar surface area (TPSA) is 32.7 Å². The van der Waals surface area contributed by atoms with Crippen LogP contribution < -0.4 is 4.74 Å². The Morgan fingerprint density at radius 3 is 2.10 bits per heavy atom. The maximum atomic E-state index is 11.1. The van der Waals surface area contributed by atoms with Crippen molar-refractivity contribution in [2.24, 2.45) is 0 Å². The Labute approximate surface area is 129 Å². The molecule has 0 saturated heterocycles. The molecule has 0 heterocycles. The number of hydrogen-bond donors (Lipinski definition) is 1. The van der Waals surface area contributed by atoms with E-state index in [0.717, 1.165) is 37.2 Å². The SMILES string of the molecule is CCOc1ccccc1C(O)C(CC)(CC)N(CC)CC. The summed E-state index contributed by atoms with van der Waals surface area (Å²) in [6, 6.07) is 7.86. The summed E-state index contributed by atoms with van der Waals surface area (Å²) in [6.45, 7) is 13.1. The first-order valence-electron chi connectivity index (χ1n) is 8.25. The predicted molar refractivity (Wildman–Crippen MR) is 88.8 cm³/mol. The van der Waals surface area contributed by atoms with E-state index in [1.165, 1.54) is 0 Å². The molecule has 0 bridgehead atoms. The number of para-hydroxylation sites is 1. The van der Waals surface area contributed by atoms with Crippen LogP contribution >= 0.6 is 0 Å². The molecule has 1 atom stereocenters. The fraction of sp³-hybridized carbons (Fsp3) is 0.667. The van der Waals surface area contributed by atoms with Crippen molar-refractivity contribution in [3.05, 3.63) is 29.8 Å². The summed E-state index contributed by atoms with van der Waals surface area (Å²) in [5, 5.41) is 11.1. The number of benzene rings is 1. The molecule has 0 aliphatic rings. The van der Waals surface area contributed by atoms with E-state index in [4.69, 9.17) is 4.74 Å². The van der Waals surface area contributed by atoms with Gasteiger partial charge in [0.05, 0.1) is 12.1 Å². The van der Waals surface area contributed by atoms with Crippen molar-refractivity contribution in [2.45, 2.75) is 59.1 Å². The molecule has 3 heteroatoms. The van der Waals surface area contributed by atoms with E-state index >= 15 is 0 Å². The lowest BCUT2D eigenvalue weighted by molar-refractivity contribution is -0.0377. The van der Waals surface area contributed by atoms with Crippen molar-refractivity contribution >= 4 is 0 Å². The molecular formula is C18H31NO2. The minimum absolute atomic E-state index is 0.239. The van der Waals surface area contributed by atoms with Gasteiger partial charge in [-0.1, -0.05) is 45.9 Å². The predicted octanol–water partition coefficient (Wildman–Crippen LogP) is 4.02. The van der Waals surface area contributed by atoms with Crippen LogP contribution in [-0.2, 0) is 0 Å². The molecule has 0 fully saturated rings. The zero-order chi connectivity index (χ0) is 15.9. The number of nitrogens with zero attached hydrogens (tertiary/aromatic N) is 1. The van der Waals surface area contributed by atoms with Gasteiger partial charge in [-0.05, 0) is 38.9 Å². The molecule has 120 valence electrons. The normalized spacial score (nSPS) is 13.5. The van der Waals surface area contributed by atoms with Crippen LogP contribution in [0.3, 0.4) is 0 Å². The second-order valence-electron chi connectivity index (χ2n) is 5.36. The highest BCUT2D eigenvalue weighted by Gasteiger charge is 2.40. The highest BCUT2D eigenvalue weighted by molar-refractivity contribution is 5.37. The average Bonchev–Trinajstić information content (AvgIpc) is 2.53. The average molecular weight is 293 g/mol. The van der Waals surface area contributed by atoms with Gasteiger partial charge in [-0.2, -0.15) is 0 Å². The van der Waals surface area contributed by atoms with Crippen LogP contribution in [0.2, 0.25) is 0 Å². The number of ether oxygens (including phenoxy) is 1. The van der Waals surface area contributed by atoms with E-state index < -0.39 is 6.10 Å². The second-order valence-corrected chi connectivity index (χ2v) is 5.36. The summed E-state index contributed by atoms with van der Waals surface area (Å²) in [5.74, 6) is 0.797. The van der Waals surface area contributed by atoms with Gasteiger partial charge in [0.1, 0.15) is 11.9 Å². The standard InChI is InChI=1S/C18H31NO2/c1-6-18(7-2,19(8-3)9-4)17(20)15-13-11-12-14-16(15)21-10-5/h11-14,17,20H,6-10H2,1-5H3. The van der Waals surface area contributed by atoms with Gasteiger partial charge < -0.3 is 9.84 Å². The van der Waals surface area contributed by atoms with Gasteiger partial charge in [-0.25, -0.2) is 0 Å². The summed E-state index contributed by atoms with van der Waals surface area (Å²) < 4.78 is 5.71. The molecule has 0 radical (unpaired) electrons. The summed E-state index contributed by atoms with van der Waals surface area (Å²) in [5.41, 5.74) is 0.659. The van der Waals surface area contributed by atoms with Gasteiger partial charge in [-0.15, -0.1) is 0 Å². The summed E-state index contributed by atoms with van der Waals surface area (Å²) in [7, 11) is 0. The van der Waals surface area contributed by atoms with E-state index in [0.29, 0.717) is 6.61 Å². The highest BCUT2D eigenvalue weighted by Crippen LogP contribution is 2.40. The van der Waals surface area contributed by atoms with Gasteiger partial charge in [-0.3, -0.25) is 4.90 Å². The molecule has 0 amide bonds. The molecule has 1 rings (SSSR count). The van der Waals surface area contributed by atoms with Gasteiger partial charge >= 0.3 is 0 Å². The van der Waals surface area contributed by atoms with Crippen LogP contribution in [0.5, 0.6) is 5.75 Å². The van der Waals surface area contributed by atoms with Gasteiger partial charge in [0.25, 0.3) is 0 Å². The number of aliphatic hydroxyl groups is 1. The van der Waals surface area contributed by atoms with E-state index in [1.54, 1.807) is 0 Å². The van der Waals surface area contributed by atoms with Crippen molar-refractivity contribution < 1.29 is 9.84 Å². The minimum atomic E-state index is -0.546. The Bertz CT molecular complexity index is 411. The van der Waals surface area contributed by atoms with Crippen LogP contribution in [0.25, 0.3) is 0 Å². The van der Waals surface area contributed by atoms with Gasteiger partial charge in [0, 0.05) is 5.56 Å². The fourth-order valence-corrected chi connectivity index (χ4v) is 3.39. The van der Waals surface area contributed by atoms with Crippen molar-refractivity contribution in [1.29, 1.82) is 0 Å². The number of aliphatic hydroxyl groups excluding tert-OH is 1. The molecule has 0 aromatic heterocycles. The van der Waals surface area contributed by atoms with Gasteiger partial charge in [0.15, 0.2) is 0 Å². The van der Waals surface area contributed by atoms with Crippen LogP contribution in [-0.4, -0.2) is 35.2 Å². The first kappa shape index (κ1) is 18.0. The number of hydrogen-bond acceptors (Lipinski definition) is 3. The van der Waals surface area contributed by atoms with Crippen LogP contribution in [0, 0.1) is 0 Å². The molecule has 1 aromatic rings. The Morgan fingerprint density at radius 1 is 1.05 bits per heavy atom. The molecule has 1 N–H and O–H groups in total. The van der Waals surface area contributed by atoms with E-state index in [1.807, 2.05) is 31.2 Å². The first-order chi connectivity index (χ1) is 10.1. The first-order valence-corrected chi connectivity index (χ1v) is 8.25. The summed E-state index contributed by atoms with van der Waals surface area (Å²) in [4.78, 5) is 2.38. The third-order valence-corrected chi connectivity index (χ3v) is 4.64. The quantitative estimate of drug-likeness (QED) is 0.746. The van der Waals surface area contributed by atoms with E-state index in [2.05, 4.69) is 32.6 Å². The van der Waals surface area contributed by atoms with Crippen LogP contribution in [0.1, 0.15) is 59.1 Å². The maximum Gasteiger partial charge on any atom is 0.125 e. The minimum Gasteiger partial charge on any atom is -0.493 e. The molecule has 3 nitrogen and oxygen atoms in total. The Kier molecular flexibility index (Phi) is 7.20. The molecule has 21 heavy (non-hydrogen) atoms. The largest absolute Gasteiger partial charge is 0.493 e. The maximum absolute atomic E-state index is 11.1. The molecule has 0 aliphatic carbocycles. The third kappa shape index (κ3) is 3.58. The van der Waals surface area contributed by atoms with Crippen LogP contribution in [0.4, 0.5) is 0 Å². The lowest BCUT2D eigenvalue weighted by Crippen LogP contribution is -2.52. The highest BCUT2D eigenvalue weighted by atomic mass is 16.5. The van der Waals surface area contributed by atoms with E-state index in [9.17, 15) is 5.11 Å². The van der Waals surface area contributed by atoms with E-state index in [-0.39, 0.29) is 5.54 Å². The molecule has 1 unspecified atom stereocenters. The molecular weight excluding hydrogens is 262 g/mol. The zero-order valence-electron chi connectivity index (χ0n) is 14.2. The molecule has 0 saturated carbocycles. The smallest absolute Gasteiger partial charge is 0.125 e. The number of likely N-dealkylation sites (N-methyl/N-ethyl adjacent to an activating group) is 1. The van der Waals surface area contributed by atoms with Crippen molar-refractivity contribution in [3.63, 3.8) is 0 Å². The third-order valence-electron chi connectivity index (χ3n) is 4.64.